The number of pyridine rings is 1. The van der Waals surface area contributed by atoms with Gasteiger partial charge in [0.15, 0.2) is 5.54 Å². The number of hydrogen-bond donors (Lipinski definition) is 0. The summed E-state index contributed by atoms with van der Waals surface area (Å²) in [7, 11) is 0. The summed E-state index contributed by atoms with van der Waals surface area (Å²) in [5.74, 6) is 0.485. The molecule has 1 atom stereocenters. The number of aryl methyl sites for hydroxylation is 2. The second-order valence-electron chi connectivity index (χ2n) is 11.2. The van der Waals surface area contributed by atoms with Crippen molar-refractivity contribution in [3.8, 4) is 11.1 Å². The van der Waals surface area contributed by atoms with E-state index in [1.807, 2.05) is 0 Å². The van der Waals surface area contributed by atoms with Crippen molar-refractivity contribution in [3.05, 3.63) is 82.9 Å². The van der Waals surface area contributed by atoms with E-state index in [1.54, 1.807) is 0 Å². The minimum atomic E-state index is 0.0650. The second-order valence-corrected chi connectivity index (χ2v) is 11.2. The lowest BCUT2D eigenvalue weighted by molar-refractivity contribution is -0.805. The van der Waals surface area contributed by atoms with E-state index in [4.69, 9.17) is 0 Å². The van der Waals surface area contributed by atoms with E-state index in [2.05, 4.69) is 111 Å². The number of rotatable bonds is 7. The highest BCUT2D eigenvalue weighted by Gasteiger charge is 2.52. The summed E-state index contributed by atoms with van der Waals surface area (Å²) in [6.07, 6.45) is 7.01. The van der Waals surface area contributed by atoms with Crippen LogP contribution in [0.1, 0.15) is 88.0 Å². The summed E-state index contributed by atoms with van der Waals surface area (Å²) in [5, 5.41) is 2.75. The Hall–Kier alpha value is -3.13. The van der Waals surface area contributed by atoms with E-state index >= 15 is 0 Å². The average Bonchev–Trinajstić information content (AvgIpc) is 3.26. The Kier molecular flexibility index (Phi) is 5.90. The first-order valence-electron chi connectivity index (χ1n) is 14.5. The van der Waals surface area contributed by atoms with E-state index in [9.17, 15) is 0 Å². The number of para-hydroxylation sites is 2. The van der Waals surface area contributed by atoms with Gasteiger partial charge >= 0.3 is 0 Å². The van der Waals surface area contributed by atoms with Crippen LogP contribution in [0, 0.1) is 13.8 Å². The predicted octanol–water partition coefficient (Wildman–Crippen LogP) is 9.18. The third-order valence-corrected chi connectivity index (χ3v) is 9.62. The van der Waals surface area contributed by atoms with E-state index < -0.39 is 0 Å². The fourth-order valence-corrected chi connectivity index (χ4v) is 7.74. The van der Waals surface area contributed by atoms with Gasteiger partial charge in [-0.2, -0.15) is 0 Å². The number of benzene rings is 3. The van der Waals surface area contributed by atoms with Crippen molar-refractivity contribution < 1.29 is 4.68 Å². The van der Waals surface area contributed by atoms with Crippen LogP contribution in [0.25, 0.3) is 38.4 Å². The average molecular weight is 490 g/mol. The van der Waals surface area contributed by atoms with Crippen LogP contribution in [0.5, 0.6) is 0 Å². The van der Waals surface area contributed by atoms with Gasteiger partial charge < -0.3 is 0 Å². The van der Waals surface area contributed by atoms with Gasteiger partial charge in [-0.3, -0.25) is 0 Å². The van der Waals surface area contributed by atoms with E-state index in [1.165, 1.54) is 73.5 Å². The first kappa shape index (κ1) is 24.2. The molecule has 0 saturated heterocycles. The minimum Gasteiger partial charge on any atom is -0.119 e. The number of fused-ring (bicyclic) bond motifs is 3. The standard InChI is InChI=1S/C35H41N2/c1-7-11-15-25-21-20-23(5)33(24(25)6)29-22-32-28-16-12-13-19-31(28)37-35(9-3,10-4)30(8-2)27-18-14-17-26(29)34(27)36(32)37/h12-14,16-22,30H,7-11,15H2,1-6H3/q+1. The Balaban J connectivity index is 1.82. The molecule has 0 fully saturated rings. The Morgan fingerprint density at radius 2 is 1.62 bits per heavy atom. The molecule has 1 aliphatic heterocycles. The van der Waals surface area contributed by atoms with Gasteiger partial charge in [0.05, 0.1) is 11.3 Å². The van der Waals surface area contributed by atoms with Crippen LogP contribution in [-0.2, 0) is 12.0 Å². The topological polar surface area (TPSA) is 8.29 Å². The van der Waals surface area contributed by atoms with Crippen molar-refractivity contribution >= 4 is 27.3 Å². The molecule has 2 nitrogen and oxygen atoms in total. The molecular weight excluding hydrogens is 448 g/mol. The van der Waals surface area contributed by atoms with Gasteiger partial charge in [-0.25, -0.2) is 0 Å². The van der Waals surface area contributed by atoms with Crippen molar-refractivity contribution in [2.45, 2.75) is 91.5 Å². The lowest BCUT2D eigenvalue weighted by atomic mass is 9.72. The number of aromatic nitrogens is 2. The smallest absolute Gasteiger partial charge is 0.119 e. The van der Waals surface area contributed by atoms with Crippen LogP contribution >= 0.6 is 0 Å². The van der Waals surface area contributed by atoms with Gasteiger partial charge in [-0.15, -0.1) is 4.52 Å². The van der Waals surface area contributed by atoms with Crippen molar-refractivity contribution in [1.82, 2.24) is 4.52 Å². The van der Waals surface area contributed by atoms with Crippen molar-refractivity contribution in [2.75, 3.05) is 0 Å². The van der Waals surface area contributed by atoms with Gasteiger partial charge in [-0.05, 0) is 78.6 Å². The Morgan fingerprint density at radius 3 is 2.35 bits per heavy atom. The molecule has 0 aliphatic carbocycles. The van der Waals surface area contributed by atoms with Crippen molar-refractivity contribution in [2.24, 2.45) is 0 Å². The quantitative estimate of drug-likeness (QED) is 0.201. The molecule has 3 aromatic carbocycles. The summed E-state index contributed by atoms with van der Waals surface area (Å²) in [4.78, 5) is 0. The molecule has 0 bridgehead atoms. The monoisotopic (exact) mass is 489 g/mol. The number of unbranched alkanes of at least 4 members (excludes halogenated alkanes) is 1. The molecule has 2 aromatic heterocycles. The maximum absolute atomic E-state index is 2.70. The maximum atomic E-state index is 2.70. The molecule has 0 amide bonds. The largest absolute Gasteiger partial charge is 0.240 e. The highest BCUT2D eigenvalue weighted by atomic mass is 15.4. The minimum absolute atomic E-state index is 0.0650. The Morgan fingerprint density at radius 1 is 0.865 bits per heavy atom. The van der Waals surface area contributed by atoms with Gasteiger partial charge in [0.2, 0.25) is 5.52 Å². The molecule has 0 N–H and O–H groups in total. The normalized spacial score (nSPS) is 16.4. The van der Waals surface area contributed by atoms with Gasteiger partial charge in [-0.1, -0.05) is 81.3 Å². The third kappa shape index (κ3) is 3.20. The fourth-order valence-electron chi connectivity index (χ4n) is 7.74. The van der Waals surface area contributed by atoms with Gasteiger partial charge in [0.25, 0.3) is 0 Å². The molecule has 5 aromatic rings. The first-order chi connectivity index (χ1) is 18.0. The molecule has 190 valence electrons. The zero-order valence-electron chi connectivity index (χ0n) is 23.5. The molecule has 0 saturated carbocycles. The summed E-state index contributed by atoms with van der Waals surface area (Å²) in [6, 6.07) is 23.4. The summed E-state index contributed by atoms with van der Waals surface area (Å²) in [5.41, 5.74) is 12.8. The van der Waals surface area contributed by atoms with Crippen LogP contribution < -0.4 is 4.68 Å². The number of nitrogens with zero attached hydrogens (tertiary/aromatic N) is 2. The van der Waals surface area contributed by atoms with Crippen LogP contribution in [0.2, 0.25) is 0 Å². The summed E-state index contributed by atoms with van der Waals surface area (Å²) in [6.45, 7) is 14.1. The molecular formula is C35H41N2+. The van der Waals surface area contributed by atoms with Crippen LogP contribution in [0.15, 0.2) is 60.7 Å². The second kappa shape index (κ2) is 9.01. The van der Waals surface area contributed by atoms with E-state index in [0.717, 1.165) is 25.7 Å². The van der Waals surface area contributed by atoms with Crippen LogP contribution in [0.4, 0.5) is 0 Å². The fraction of sp³-hybridized carbons (Fsp3) is 0.400. The van der Waals surface area contributed by atoms with E-state index in [-0.39, 0.29) is 5.54 Å². The number of hydrogen-bond acceptors (Lipinski definition) is 0. The van der Waals surface area contributed by atoms with Gasteiger partial charge in [0.1, 0.15) is 11.0 Å². The molecule has 6 rings (SSSR count). The predicted molar refractivity (Wildman–Crippen MR) is 158 cm³/mol. The molecule has 2 heteroatoms. The third-order valence-electron chi connectivity index (χ3n) is 9.62. The lowest BCUT2D eigenvalue weighted by Gasteiger charge is -2.37. The Bertz CT molecular complexity index is 1650. The molecule has 1 aliphatic rings. The first-order valence-corrected chi connectivity index (χ1v) is 14.5. The molecule has 0 radical (unpaired) electrons. The maximum Gasteiger partial charge on any atom is 0.240 e. The van der Waals surface area contributed by atoms with Crippen molar-refractivity contribution in [3.63, 3.8) is 0 Å². The van der Waals surface area contributed by atoms with E-state index in [0.29, 0.717) is 5.92 Å². The van der Waals surface area contributed by atoms with Gasteiger partial charge in [0, 0.05) is 24.3 Å². The zero-order valence-corrected chi connectivity index (χ0v) is 23.5. The molecule has 37 heavy (non-hydrogen) atoms. The summed E-state index contributed by atoms with van der Waals surface area (Å²) >= 11 is 0. The van der Waals surface area contributed by atoms with Crippen LogP contribution in [0.3, 0.4) is 0 Å². The lowest BCUT2D eigenvalue weighted by Crippen LogP contribution is -2.64. The molecule has 1 unspecified atom stereocenters. The highest BCUT2D eigenvalue weighted by molar-refractivity contribution is 6.05. The highest BCUT2D eigenvalue weighted by Crippen LogP contribution is 2.48. The molecule has 0 spiro atoms. The van der Waals surface area contributed by atoms with Crippen LogP contribution in [-0.4, -0.2) is 4.52 Å². The summed E-state index contributed by atoms with van der Waals surface area (Å²) < 4.78 is 5.30. The molecule has 3 heterocycles. The van der Waals surface area contributed by atoms with Crippen molar-refractivity contribution in [1.29, 1.82) is 0 Å². The zero-order chi connectivity index (χ0) is 25.9. The SMILES string of the molecule is CCCCc1ccc(C)c(-c2cc3c4ccccc4[n+]4n3c3c(cccc23)C(CC)C4(CC)CC)c1C. The Labute approximate surface area is 221 Å².